The van der Waals surface area contributed by atoms with Gasteiger partial charge in [-0.1, -0.05) is 0 Å². The summed E-state index contributed by atoms with van der Waals surface area (Å²) in [5.74, 6) is -0.972. The van der Waals surface area contributed by atoms with Gasteiger partial charge in [0.1, 0.15) is 22.2 Å². The van der Waals surface area contributed by atoms with Gasteiger partial charge in [-0.25, -0.2) is 23.5 Å². The highest BCUT2D eigenvalue weighted by Gasteiger charge is 2.33. The smallest absolute Gasteiger partial charge is 0.412 e. The molecule has 0 saturated carbocycles. The maximum Gasteiger partial charge on any atom is 0.412 e. The minimum absolute atomic E-state index is 0.0406. The van der Waals surface area contributed by atoms with Crippen LogP contribution in [0.3, 0.4) is 0 Å². The lowest BCUT2D eigenvalue weighted by Crippen LogP contribution is -2.37. The van der Waals surface area contributed by atoms with Crippen molar-refractivity contribution in [2.75, 3.05) is 43.4 Å². The van der Waals surface area contributed by atoms with Crippen molar-refractivity contribution in [1.29, 1.82) is 5.26 Å². The summed E-state index contributed by atoms with van der Waals surface area (Å²) >= 11 is 0.863. The summed E-state index contributed by atoms with van der Waals surface area (Å²) in [5, 5.41) is 13.5. The number of nitrogens with zero attached hydrogens (tertiary/aromatic N) is 6. The van der Waals surface area contributed by atoms with Crippen LogP contribution in [0.4, 0.5) is 24.5 Å². The van der Waals surface area contributed by atoms with Gasteiger partial charge in [-0.05, 0) is 58.2 Å². The van der Waals surface area contributed by atoms with Crippen molar-refractivity contribution >= 4 is 49.4 Å². The summed E-state index contributed by atoms with van der Waals surface area (Å²) in [6, 6.07) is 2.06. The predicted octanol–water partition coefficient (Wildman–Crippen LogP) is 6.12. The molecular weight excluding hydrogens is 628 g/mol. The summed E-state index contributed by atoms with van der Waals surface area (Å²) in [5.41, 5.74) is 0.666. The molecule has 2 fully saturated rings. The zero-order chi connectivity index (χ0) is 33.0. The zero-order valence-electron chi connectivity index (χ0n) is 26.7. The number of aromatic nitrogens is 3. The Balaban J connectivity index is 1.28. The van der Waals surface area contributed by atoms with Gasteiger partial charge in [0, 0.05) is 48.7 Å². The number of ether oxygens (including phenoxy) is 3. The highest BCUT2D eigenvalue weighted by Crippen LogP contribution is 2.46. The number of carbonyl (C=O) groups excluding carboxylic acids is 1. The molecule has 1 unspecified atom stereocenters. The second-order valence-corrected chi connectivity index (χ2v) is 14.3. The Kier molecular flexibility index (Phi) is 8.20. The van der Waals surface area contributed by atoms with Crippen LogP contribution in [-0.4, -0.2) is 77.0 Å². The average molecular weight is 664 g/mol. The van der Waals surface area contributed by atoms with Crippen molar-refractivity contribution in [3.05, 3.63) is 40.7 Å². The first-order chi connectivity index (χ1) is 22.5. The van der Waals surface area contributed by atoms with E-state index in [2.05, 4.69) is 33.3 Å². The number of likely N-dealkylation sites (tertiary alicyclic amines) is 1. The fourth-order valence-electron chi connectivity index (χ4n) is 6.57. The maximum atomic E-state index is 16.9. The molecule has 1 N–H and O–H groups in total. The second-order valence-electron chi connectivity index (χ2n) is 13.3. The monoisotopic (exact) mass is 663 g/mol. The molecule has 0 spiro atoms. The predicted molar refractivity (Wildman–Crippen MR) is 173 cm³/mol. The van der Waals surface area contributed by atoms with Crippen LogP contribution in [0.15, 0.2) is 12.4 Å². The van der Waals surface area contributed by atoms with Crippen molar-refractivity contribution < 1.29 is 27.8 Å². The lowest BCUT2D eigenvalue weighted by molar-refractivity contribution is -0.0296. The largest absolute Gasteiger partial charge is 0.444 e. The molecule has 11 nitrogen and oxygen atoms in total. The van der Waals surface area contributed by atoms with Gasteiger partial charge < -0.3 is 24.0 Å². The molecule has 1 amide bonds. The number of hydrogen-bond donors (Lipinski definition) is 1. The van der Waals surface area contributed by atoms with E-state index in [9.17, 15) is 10.1 Å². The van der Waals surface area contributed by atoms with E-state index in [0.29, 0.717) is 35.6 Å². The summed E-state index contributed by atoms with van der Waals surface area (Å²) in [7, 11) is 2.12. The van der Waals surface area contributed by atoms with Crippen LogP contribution in [0.2, 0.25) is 0 Å². The van der Waals surface area contributed by atoms with Gasteiger partial charge in [-0.3, -0.25) is 10.3 Å². The molecule has 4 aromatic rings. The molecule has 246 valence electrons. The number of halogens is 2. The highest BCUT2D eigenvalue weighted by atomic mass is 32.1. The van der Waals surface area contributed by atoms with Crippen molar-refractivity contribution in [2.45, 2.75) is 71.1 Å². The highest BCUT2D eigenvalue weighted by molar-refractivity contribution is 7.23. The van der Waals surface area contributed by atoms with Gasteiger partial charge in [-0.2, -0.15) is 5.26 Å². The summed E-state index contributed by atoms with van der Waals surface area (Å²) in [4.78, 5) is 30.6. The molecule has 0 aliphatic carbocycles. The fraction of sp³-hybridized carbons (Fsp3) is 0.485. The van der Waals surface area contributed by atoms with Crippen LogP contribution in [0.5, 0.6) is 0 Å². The number of anilines is 2. The number of pyridine rings is 1. The number of amides is 1. The quantitative estimate of drug-likeness (QED) is 0.267. The molecule has 14 heteroatoms. The molecule has 47 heavy (non-hydrogen) atoms. The molecule has 0 radical (unpaired) electrons. The summed E-state index contributed by atoms with van der Waals surface area (Å²) < 4.78 is 49.7. The second kappa shape index (κ2) is 12.2. The van der Waals surface area contributed by atoms with Gasteiger partial charge in [0.15, 0.2) is 11.6 Å². The number of piperidine rings is 1. The van der Waals surface area contributed by atoms with Gasteiger partial charge in [-0.15, -0.1) is 11.3 Å². The number of carbonyl (C=O) groups is 1. The Morgan fingerprint density at radius 1 is 1.11 bits per heavy atom. The van der Waals surface area contributed by atoms with Crippen LogP contribution in [0.1, 0.15) is 56.7 Å². The van der Waals surface area contributed by atoms with Crippen molar-refractivity contribution in [3.8, 4) is 17.3 Å². The van der Waals surface area contributed by atoms with E-state index in [1.165, 1.54) is 0 Å². The van der Waals surface area contributed by atoms with E-state index in [1.807, 2.05) is 4.90 Å². The van der Waals surface area contributed by atoms with Gasteiger partial charge in [0.2, 0.25) is 5.95 Å². The van der Waals surface area contributed by atoms with Crippen LogP contribution in [0, 0.1) is 23.0 Å². The molecule has 7 rings (SSSR count). The number of thiophene rings is 1. The Morgan fingerprint density at radius 3 is 2.60 bits per heavy atom. The standard InChI is InChI=1S/C33H35F2N7O4S/c1-33(2,3)46-32(43)40-30-19(11-36)25-28(37-13-23(34)29(25)47-30)24-22-16-44-15-21(22)20-12-38-31(39-27(20)26(24)35)42-10-7-18(14-42)45-17-5-8-41(4)9-6-17/h12-13,17-18H,5-10,14-16H2,1-4H3,(H,40,43). The SMILES string of the molecule is CN1CCC(OC2CCN(c3ncc4c5c(c(-c6ncc(F)c7sc(NC(=O)OC(C)(C)C)c(C#N)c67)c(F)c4n3)COC5)C2)CC1. The number of rotatable bonds is 5. The third-order valence-electron chi connectivity index (χ3n) is 8.80. The molecule has 3 aliphatic heterocycles. The topological polar surface area (TPSA) is 126 Å². The fourth-order valence-corrected chi connectivity index (χ4v) is 7.61. The number of benzene rings is 1. The van der Waals surface area contributed by atoms with Crippen LogP contribution in [0.25, 0.3) is 32.2 Å². The molecule has 3 aromatic heterocycles. The van der Waals surface area contributed by atoms with Crippen molar-refractivity contribution in [3.63, 3.8) is 0 Å². The summed E-state index contributed by atoms with van der Waals surface area (Å²) in [6.07, 6.45) is 4.93. The zero-order valence-corrected chi connectivity index (χ0v) is 27.5. The van der Waals surface area contributed by atoms with E-state index in [0.717, 1.165) is 49.9 Å². The van der Waals surface area contributed by atoms with Crippen LogP contribution in [-0.2, 0) is 27.4 Å². The lowest BCUT2D eigenvalue weighted by atomic mass is 9.94. The van der Waals surface area contributed by atoms with Crippen LogP contribution < -0.4 is 10.2 Å². The number of nitrogens with one attached hydrogen (secondary N) is 1. The van der Waals surface area contributed by atoms with Gasteiger partial charge >= 0.3 is 6.09 Å². The first kappa shape index (κ1) is 31.6. The minimum Gasteiger partial charge on any atom is -0.444 e. The van der Waals surface area contributed by atoms with Crippen molar-refractivity contribution in [2.24, 2.45) is 0 Å². The number of hydrogen-bond acceptors (Lipinski definition) is 11. The van der Waals surface area contributed by atoms with Gasteiger partial charge in [0.05, 0.1) is 47.6 Å². The van der Waals surface area contributed by atoms with E-state index in [-0.39, 0.29) is 62.8 Å². The molecule has 0 bridgehead atoms. The Morgan fingerprint density at radius 2 is 1.85 bits per heavy atom. The third-order valence-corrected chi connectivity index (χ3v) is 9.91. The maximum absolute atomic E-state index is 16.9. The minimum atomic E-state index is -0.799. The third kappa shape index (κ3) is 5.97. The van der Waals surface area contributed by atoms with Crippen LogP contribution >= 0.6 is 11.3 Å². The normalized spacial score (nSPS) is 19.0. The van der Waals surface area contributed by atoms with Crippen molar-refractivity contribution in [1.82, 2.24) is 19.9 Å². The number of nitriles is 1. The Bertz CT molecular complexity index is 1930. The van der Waals surface area contributed by atoms with E-state index >= 15 is 8.78 Å². The van der Waals surface area contributed by atoms with E-state index < -0.39 is 23.3 Å². The Hall–Kier alpha value is -4.03. The lowest BCUT2D eigenvalue weighted by Gasteiger charge is -2.30. The van der Waals surface area contributed by atoms with E-state index in [1.54, 1.807) is 27.0 Å². The first-order valence-corrected chi connectivity index (χ1v) is 16.5. The Labute approximate surface area is 274 Å². The molecule has 1 aromatic carbocycles. The van der Waals surface area contributed by atoms with Gasteiger partial charge in [0.25, 0.3) is 0 Å². The molecule has 1 atom stereocenters. The number of fused-ring (bicyclic) bond motifs is 4. The average Bonchev–Trinajstić information content (AvgIpc) is 3.78. The molecule has 2 saturated heterocycles. The molecule has 3 aliphatic rings. The molecule has 6 heterocycles. The summed E-state index contributed by atoms with van der Waals surface area (Å²) in [6.45, 7) is 8.74. The van der Waals surface area contributed by atoms with E-state index in [4.69, 9.17) is 19.2 Å². The first-order valence-electron chi connectivity index (χ1n) is 15.7. The molecular formula is C33H35F2N7O4S.